The molecule has 22 heavy (non-hydrogen) atoms. The van der Waals surface area contributed by atoms with Gasteiger partial charge in [-0.2, -0.15) is 4.98 Å². The predicted molar refractivity (Wildman–Crippen MR) is 91.3 cm³/mol. The second-order valence-corrected chi connectivity index (χ2v) is 6.02. The maximum Gasteiger partial charge on any atom is 0.227 e. The van der Waals surface area contributed by atoms with Crippen LogP contribution in [-0.2, 0) is 6.54 Å². The van der Waals surface area contributed by atoms with Crippen molar-refractivity contribution in [2.24, 2.45) is 0 Å². The van der Waals surface area contributed by atoms with Crippen LogP contribution in [0.1, 0.15) is 36.1 Å². The zero-order chi connectivity index (χ0) is 15.4. The quantitative estimate of drug-likeness (QED) is 0.934. The Morgan fingerprint density at radius 1 is 1.05 bits per heavy atom. The third-order valence-electron chi connectivity index (χ3n) is 4.20. The normalized spacial score (nSPS) is 14.9. The van der Waals surface area contributed by atoms with Crippen molar-refractivity contribution in [3.05, 3.63) is 47.2 Å². The Hall–Kier alpha value is -2.10. The largest absolute Gasteiger partial charge is 0.366 e. The Kier molecular flexibility index (Phi) is 4.56. The van der Waals surface area contributed by atoms with Crippen molar-refractivity contribution in [1.29, 1.82) is 0 Å². The molecule has 0 bridgehead atoms. The van der Waals surface area contributed by atoms with Gasteiger partial charge in [-0.25, -0.2) is 4.98 Å². The Labute approximate surface area is 132 Å². The van der Waals surface area contributed by atoms with Gasteiger partial charge in [0.05, 0.1) is 0 Å². The van der Waals surface area contributed by atoms with E-state index in [0.717, 1.165) is 37.1 Å². The SMILES string of the molecule is Cc1cc(NCc2ccccc2C)nc(N2CCCCC2)n1. The van der Waals surface area contributed by atoms with Crippen LogP contribution in [0, 0.1) is 13.8 Å². The van der Waals surface area contributed by atoms with Gasteiger partial charge in [-0.1, -0.05) is 24.3 Å². The lowest BCUT2D eigenvalue weighted by Crippen LogP contribution is -2.31. The Morgan fingerprint density at radius 3 is 2.59 bits per heavy atom. The molecule has 0 spiro atoms. The zero-order valence-electron chi connectivity index (χ0n) is 13.5. The van der Waals surface area contributed by atoms with Gasteiger partial charge in [0.2, 0.25) is 5.95 Å². The molecule has 0 saturated carbocycles. The number of rotatable bonds is 4. The summed E-state index contributed by atoms with van der Waals surface area (Å²) in [7, 11) is 0. The molecule has 0 amide bonds. The van der Waals surface area contributed by atoms with E-state index in [1.54, 1.807) is 0 Å². The van der Waals surface area contributed by atoms with Crippen LogP contribution in [0.4, 0.5) is 11.8 Å². The van der Waals surface area contributed by atoms with Crippen LogP contribution in [0.25, 0.3) is 0 Å². The van der Waals surface area contributed by atoms with E-state index < -0.39 is 0 Å². The van der Waals surface area contributed by atoms with Crippen LogP contribution >= 0.6 is 0 Å². The second kappa shape index (κ2) is 6.77. The number of benzene rings is 1. The predicted octanol–water partition coefficient (Wildman–Crippen LogP) is 3.70. The summed E-state index contributed by atoms with van der Waals surface area (Å²) >= 11 is 0. The summed E-state index contributed by atoms with van der Waals surface area (Å²) in [5.41, 5.74) is 3.62. The first-order valence-corrected chi connectivity index (χ1v) is 8.11. The van der Waals surface area contributed by atoms with Crippen LogP contribution in [-0.4, -0.2) is 23.1 Å². The lowest BCUT2D eigenvalue weighted by Gasteiger charge is -2.27. The van der Waals surface area contributed by atoms with Crippen molar-refractivity contribution < 1.29 is 0 Å². The summed E-state index contributed by atoms with van der Waals surface area (Å²) in [5, 5.41) is 3.44. The van der Waals surface area contributed by atoms with Crippen molar-refractivity contribution in [2.45, 2.75) is 39.7 Å². The van der Waals surface area contributed by atoms with E-state index in [-0.39, 0.29) is 0 Å². The van der Waals surface area contributed by atoms with Crippen molar-refractivity contribution in [2.75, 3.05) is 23.3 Å². The molecule has 4 heteroatoms. The molecule has 0 atom stereocenters. The Morgan fingerprint density at radius 2 is 1.82 bits per heavy atom. The minimum atomic E-state index is 0.794. The summed E-state index contributed by atoms with van der Waals surface area (Å²) < 4.78 is 0. The van der Waals surface area contributed by atoms with Gasteiger partial charge >= 0.3 is 0 Å². The third-order valence-corrected chi connectivity index (χ3v) is 4.20. The molecule has 0 aliphatic carbocycles. The average molecular weight is 296 g/mol. The van der Waals surface area contributed by atoms with Crippen molar-refractivity contribution in [3.8, 4) is 0 Å². The molecule has 1 aromatic heterocycles. The van der Waals surface area contributed by atoms with Gasteiger partial charge in [-0.3, -0.25) is 0 Å². The molecule has 2 aromatic rings. The molecule has 2 heterocycles. The highest BCUT2D eigenvalue weighted by molar-refractivity contribution is 5.44. The van der Waals surface area contributed by atoms with Crippen molar-refractivity contribution in [1.82, 2.24) is 9.97 Å². The van der Waals surface area contributed by atoms with Gasteiger partial charge < -0.3 is 10.2 Å². The van der Waals surface area contributed by atoms with Crippen molar-refractivity contribution >= 4 is 11.8 Å². The van der Waals surface area contributed by atoms with Crippen molar-refractivity contribution in [3.63, 3.8) is 0 Å². The monoisotopic (exact) mass is 296 g/mol. The Balaban J connectivity index is 1.73. The molecule has 1 aliphatic rings. The third kappa shape index (κ3) is 3.56. The summed E-state index contributed by atoms with van der Waals surface area (Å²) in [4.78, 5) is 11.6. The van der Waals surface area contributed by atoms with E-state index in [4.69, 9.17) is 4.98 Å². The van der Waals surface area contributed by atoms with Crippen LogP contribution in [0.15, 0.2) is 30.3 Å². The number of nitrogens with one attached hydrogen (secondary N) is 1. The van der Waals surface area contributed by atoms with E-state index in [2.05, 4.69) is 46.4 Å². The van der Waals surface area contributed by atoms with Gasteiger partial charge in [0.25, 0.3) is 0 Å². The first-order chi connectivity index (χ1) is 10.7. The van der Waals surface area contributed by atoms with Gasteiger partial charge in [-0.05, 0) is 44.2 Å². The van der Waals surface area contributed by atoms with Crippen LogP contribution in [0.2, 0.25) is 0 Å². The maximum atomic E-state index is 4.71. The van der Waals surface area contributed by atoms with Gasteiger partial charge in [0, 0.05) is 31.4 Å². The van der Waals surface area contributed by atoms with Gasteiger partial charge in [0.15, 0.2) is 0 Å². The summed E-state index contributed by atoms with van der Waals surface area (Å²) in [6.07, 6.45) is 3.80. The van der Waals surface area contributed by atoms with E-state index >= 15 is 0 Å². The number of aromatic nitrogens is 2. The summed E-state index contributed by atoms with van der Waals surface area (Å²) in [5.74, 6) is 1.78. The fourth-order valence-corrected chi connectivity index (χ4v) is 2.87. The number of anilines is 2. The molecule has 1 N–H and O–H groups in total. The number of hydrogen-bond donors (Lipinski definition) is 1. The lowest BCUT2D eigenvalue weighted by molar-refractivity contribution is 0.568. The average Bonchev–Trinajstić information content (AvgIpc) is 2.54. The standard InChI is InChI=1S/C18H24N4/c1-14-8-4-5-9-16(14)13-19-17-12-15(2)20-18(21-17)22-10-6-3-7-11-22/h4-5,8-9,12H,3,6-7,10-11,13H2,1-2H3,(H,19,20,21). The molecular formula is C18H24N4. The maximum absolute atomic E-state index is 4.71. The molecule has 1 saturated heterocycles. The first-order valence-electron chi connectivity index (χ1n) is 8.11. The fourth-order valence-electron chi connectivity index (χ4n) is 2.87. The minimum absolute atomic E-state index is 0.794. The molecule has 4 nitrogen and oxygen atoms in total. The smallest absolute Gasteiger partial charge is 0.227 e. The molecule has 3 rings (SSSR count). The molecule has 0 unspecified atom stereocenters. The van der Waals surface area contributed by atoms with Crippen LogP contribution in [0.5, 0.6) is 0 Å². The molecule has 116 valence electrons. The topological polar surface area (TPSA) is 41.1 Å². The Bertz CT molecular complexity index is 633. The van der Waals surface area contributed by atoms with E-state index in [1.807, 2.05) is 13.0 Å². The van der Waals surface area contributed by atoms with Gasteiger partial charge in [-0.15, -0.1) is 0 Å². The molecule has 1 aromatic carbocycles. The number of aryl methyl sites for hydroxylation is 2. The van der Waals surface area contributed by atoms with E-state index in [9.17, 15) is 0 Å². The number of nitrogens with zero attached hydrogens (tertiary/aromatic N) is 3. The molecule has 0 radical (unpaired) electrons. The lowest BCUT2D eigenvalue weighted by atomic mass is 10.1. The van der Waals surface area contributed by atoms with Crippen LogP contribution in [0.3, 0.4) is 0 Å². The molecule has 1 fully saturated rings. The summed E-state index contributed by atoms with van der Waals surface area (Å²) in [6.45, 7) is 7.11. The number of hydrogen-bond acceptors (Lipinski definition) is 4. The highest BCUT2D eigenvalue weighted by Crippen LogP contribution is 2.19. The highest BCUT2D eigenvalue weighted by Gasteiger charge is 2.14. The summed E-state index contributed by atoms with van der Waals surface area (Å²) in [6, 6.07) is 10.5. The second-order valence-electron chi connectivity index (χ2n) is 6.02. The minimum Gasteiger partial charge on any atom is -0.366 e. The van der Waals surface area contributed by atoms with E-state index in [0.29, 0.717) is 0 Å². The first kappa shape index (κ1) is 14.8. The number of piperidine rings is 1. The van der Waals surface area contributed by atoms with E-state index in [1.165, 1.54) is 30.4 Å². The zero-order valence-corrected chi connectivity index (χ0v) is 13.5. The van der Waals surface area contributed by atoms with Gasteiger partial charge in [0.1, 0.15) is 5.82 Å². The molecule has 1 aliphatic heterocycles. The van der Waals surface area contributed by atoms with Crippen LogP contribution < -0.4 is 10.2 Å². The highest BCUT2D eigenvalue weighted by atomic mass is 15.3. The fraction of sp³-hybridized carbons (Fsp3) is 0.444. The molecular weight excluding hydrogens is 272 g/mol.